The monoisotopic (exact) mass is 289 g/mol. The molecular formula is C11H9Cl2NO4. The summed E-state index contributed by atoms with van der Waals surface area (Å²) in [6, 6.07) is 4.52. The van der Waals surface area contributed by atoms with Crippen LogP contribution in [0.4, 0.5) is 5.69 Å². The highest BCUT2D eigenvalue weighted by Crippen LogP contribution is 2.25. The maximum absolute atomic E-state index is 11.4. The molecule has 0 atom stereocenters. The van der Waals surface area contributed by atoms with Crippen LogP contribution in [0.1, 0.15) is 12.8 Å². The topological polar surface area (TPSA) is 83.5 Å². The lowest BCUT2D eigenvalue weighted by molar-refractivity contribution is -0.149. The van der Waals surface area contributed by atoms with Crippen LogP contribution in [-0.2, 0) is 14.4 Å². The van der Waals surface area contributed by atoms with Crippen molar-refractivity contribution in [1.29, 1.82) is 0 Å². The number of ketones is 1. The van der Waals surface area contributed by atoms with E-state index >= 15 is 0 Å². The number of hydrogen-bond donors (Lipinski definition) is 2. The van der Waals surface area contributed by atoms with Crippen molar-refractivity contribution in [2.45, 2.75) is 12.8 Å². The summed E-state index contributed by atoms with van der Waals surface area (Å²) in [4.78, 5) is 32.4. The van der Waals surface area contributed by atoms with Gasteiger partial charge in [-0.1, -0.05) is 23.2 Å². The Morgan fingerprint density at radius 3 is 2.33 bits per heavy atom. The van der Waals surface area contributed by atoms with E-state index in [9.17, 15) is 14.4 Å². The number of Topliss-reactive ketones (excluding diaryl/α,β-unsaturated/α-hetero) is 1. The number of carbonyl (C=O) groups excluding carboxylic acids is 2. The van der Waals surface area contributed by atoms with Gasteiger partial charge in [0.2, 0.25) is 11.7 Å². The number of carboxylic acid groups (broad SMARTS) is 1. The van der Waals surface area contributed by atoms with Gasteiger partial charge in [-0.05, 0) is 18.2 Å². The third-order valence-electron chi connectivity index (χ3n) is 2.02. The van der Waals surface area contributed by atoms with Gasteiger partial charge in [-0.2, -0.15) is 0 Å². The molecule has 0 saturated heterocycles. The van der Waals surface area contributed by atoms with Gasteiger partial charge in [0.05, 0.1) is 10.0 Å². The Bertz CT molecular complexity index is 502. The Labute approximate surface area is 113 Å². The molecule has 5 nitrogen and oxygen atoms in total. The molecule has 7 heteroatoms. The summed E-state index contributed by atoms with van der Waals surface area (Å²) in [5.41, 5.74) is 0.428. The van der Waals surface area contributed by atoms with Crippen molar-refractivity contribution in [2.75, 3.05) is 5.32 Å². The summed E-state index contributed by atoms with van der Waals surface area (Å²) in [5.74, 6) is -3.01. The van der Waals surface area contributed by atoms with Gasteiger partial charge in [0.1, 0.15) is 0 Å². The zero-order valence-electron chi connectivity index (χ0n) is 9.07. The van der Waals surface area contributed by atoms with Crippen LogP contribution in [0.3, 0.4) is 0 Å². The number of carboxylic acids is 1. The molecule has 1 rings (SSSR count). The minimum atomic E-state index is -1.54. The van der Waals surface area contributed by atoms with Crippen LogP contribution < -0.4 is 5.32 Å². The van der Waals surface area contributed by atoms with Crippen LogP contribution in [0.2, 0.25) is 10.0 Å². The minimum Gasteiger partial charge on any atom is -0.476 e. The van der Waals surface area contributed by atoms with Gasteiger partial charge in [0, 0.05) is 18.5 Å². The quantitative estimate of drug-likeness (QED) is 0.815. The number of nitrogens with one attached hydrogen (secondary N) is 1. The van der Waals surface area contributed by atoms with Crippen molar-refractivity contribution in [2.24, 2.45) is 0 Å². The van der Waals surface area contributed by atoms with Crippen molar-refractivity contribution in [3.05, 3.63) is 28.2 Å². The Morgan fingerprint density at radius 2 is 1.78 bits per heavy atom. The Balaban J connectivity index is 2.52. The summed E-state index contributed by atoms with van der Waals surface area (Å²) in [5, 5.41) is 11.5. The molecule has 0 unspecified atom stereocenters. The number of anilines is 1. The first-order valence-corrected chi connectivity index (χ1v) is 5.67. The highest BCUT2D eigenvalue weighted by Gasteiger charge is 2.13. The third kappa shape index (κ3) is 4.35. The second-order valence-electron chi connectivity index (χ2n) is 3.41. The van der Waals surface area contributed by atoms with E-state index in [0.717, 1.165) is 0 Å². The van der Waals surface area contributed by atoms with Gasteiger partial charge >= 0.3 is 5.97 Å². The van der Waals surface area contributed by atoms with Crippen molar-refractivity contribution in [3.8, 4) is 0 Å². The van der Waals surface area contributed by atoms with Crippen LogP contribution >= 0.6 is 23.2 Å². The van der Waals surface area contributed by atoms with Crippen molar-refractivity contribution >= 4 is 46.5 Å². The van der Waals surface area contributed by atoms with Gasteiger partial charge in [0.15, 0.2) is 0 Å². The molecule has 0 fully saturated rings. The lowest BCUT2D eigenvalue weighted by Crippen LogP contribution is -2.17. The number of benzene rings is 1. The second kappa shape index (κ2) is 6.37. The summed E-state index contributed by atoms with van der Waals surface area (Å²) < 4.78 is 0. The van der Waals surface area contributed by atoms with Gasteiger partial charge in [-0.3, -0.25) is 9.59 Å². The number of rotatable bonds is 5. The maximum Gasteiger partial charge on any atom is 0.372 e. The smallest absolute Gasteiger partial charge is 0.372 e. The summed E-state index contributed by atoms with van der Waals surface area (Å²) in [7, 11) is 0. The molecule has 0 saturated carbocycles. The molecule has 0 aromatic heterocycles. The van der Waals surface area contributed by atoms with Crippen LogP contribution in [0, 0.1) is 0 Å². The molecule has 0 heterocycles. The van der Waals surface area contributed by atoms with Crippen molar-refractivity contribution in [3.63, 3.8) is 0 Å². The SMILES string of the molecule is O=C(CCC(=O)C(=O)O)Nc1ccc(Cl)c(Cl)c1. The first-order valence-electron chi connectivity index (χ1n) is 4.91. The molecule has 1 aromatic carbocycles. The molecule has 0 bridgehead atoms. The first-order chi connectivity index (χ1) is 8.40. The molecular weight excluding hydrogens is 281 g/mol. The fourth-order valence-corrected chi connectivity index (χ4v) is 1.43. The first kappa shape index (κ1) is 14.5. The highest BCUT2D eigenvalue weighted by atomic mass is 35.5. The molecule has 0 radical (unpaired) electrons. The van der Waals surface area contributed by atoms with Gasteiger partial charge in [-0.25, -0.2) is 4.79 Å². The molecule has 0 aliphatic heterocycles. The lowest BCUT2D eigenvalue weighted by atomic mass is 10.2. The largest absolute Gasteiger partial charge is 0.476 e. The average Bonchev–Trinajstić information content (AvgIpc) is 2.30. The van der Waals surface area contributed by atoms with E-state index in [1.807, 2.05) is 0 Å². The lowest BCUT2D eigenvalue weighted by Gasteiger charge is -2.05. The molecule has 0 spiro atoms. The molecule has 1 amide bonds. The van der Waals surface area contributed by atoms with Crippen LogP contribution in [0.5, 0.6) is 0 Å². The molecule has 96 valence electrons. The average molecular weight is 290 g/mol. The second-order valence-corrected chi connectivity index (χ2v) is 4.22. The number of carbonyl (C=O) groups is 3. The molecule has 2 N–H and O–H groups in total. The van der Waals surface area contributed by atoms with Gasteiger partial charge in [-0.15, -0.1) is 0 Å². The number of aliphatic carboxylic acids is 1. The third-order valence-corrected chi connectivity index (χ3v) is 2.76. The zero-order valence-corrected chi connectivity index (χ0v) is 10.6. The zero-order chi connectivity index (χ0) is 13.7. The Hall–Kier alpha value is -1.59. The number of hydrogen-bond acceptors (Lipinski definition) is 3. The predicted octanol–water partition coefficient (Wildman–Crippen LogP) is 2.37. The summed E-state index contributed by atoms with van der Waals surface area (Å²) in [6.07, 6.45) is -0.548. The fourth-order valence-electron chi connectivity index (χ4n) is 1.13. The van der Waals surface area contributed by atoms with E-state index < -0.39 is 17.7 Å². The standard InChI is InChI=1S/C11H9Cl2NO4/c12-7-2-1-6(5-8(7)13)14-10(16)4-3-9(15)11(17)18/h1-2,5H,3-4H2,(H,14,16)(H,17,18). The Morgan fingerprint density at radius 1 is 1.11 bits per heavy atom. The van der Waals surface area contributed by atoms with Crippen LogP contribution in [0.25, 0.3) is 0 Å². The van der Waals surface area contributed by atoms with E-state index in [0.29, 0.717) is 10.7 Å². The van der Waals surface area contributed by atoms with Crippen molar-refractivity contribution in [1.82, 2.24) is 0 Å². The van der Waals surface area contributed by atoms with E-state index in [-0.39, 0.29) is 17.9 Å². The van der Waals surface area contributed by atoms with Crippen molar-refractivity contribution < 1.29 is 19.5 Å². The molecule has 0 aliphatic rings. The van der Waals surface area contributed by atoms with Gasteiger partial charge in [0.25, 0.3) is 0 Å². The molecule has 0 aliphatic carbocycles. The van der Waals surface area contributed by atoms with Gasteiger partial charge < -0.3 is 10.4 Å². The van der Waals surface area contributed by atoms with E-state index in [1.54, 1.807) is 6.07 Å². The maximum atomic E-state index is 11.4. The predicted molar refractivity (Wildman–Crippen MR) is 67.0 cm³/mol. The van der Waals surface area contributed by atoms with E-state index in [1.165, 1.54) is 12.1 Å². The molecule has 18 heavy (non-hydrogen) atoms. The fraction of sp³-hybridized carbons (Fsp3) is 0.182. The van der Waals surface area contributed by atoms with Crippen LogP contribution in [0.15, 0.2) is 18.2 Å². The molecule has 1 aromatic rings. The minimum absolute atomic E-state index is 0.203. The summed E-state index contributed by atoms with van der Waals surface area (Å²) >= 11 is 11.5. The van der Waals surface area contributed by atoms with Crippen LogP contribution in [-0.4, -0.2) is 22.8 Å². The van der Waals surface area contributed by atoms with E-state index in [4.69, 9.17) is 28.3 Å². The highest BCUT2D eigenvalue weighted by molar-refractivity contribution is 6.42. The number of amides is 1. The van der Waals surface area contributed by atoms with E-state index in [2.05, 4.69) is 5.32 Å². The summed E-state index contributed by atoms with van der Waals surface area (Å²) in [6.45, 7) is 0. The number of halogens is 2. The normalized spacial score (nSPS) is 9.89. The Kier molecular flexibility index (Phi) is 5.12.